The minimum absolute atomic E-state index is 0.963. The molecule has 0 aliphatic carbocycles. The fourth-order valence-corrected chi connectivity index (χ4v) is 1.12. The van der Waals surface area contributed by atoms with E-state index in [0.29, 0.717) is 0 Å². The van der Waals surface area contributed by atoms with Crippen molar-refractivity contribution in [3.63, 3.8) is 0 Å². The van der Waals surface area contributed by atoms with Crippen LogP contribution in [0.3, 0.4) is 0 Å². The number of aliphatic imine (C=N–C) groups is 1. The highest BCUT2D eigenvalue weighted by atomic mass is 14.7. The summed E-state index contributed by atoms with van der Waals surface area (Å²) in [5.41, 5.74) is 1.34. The molecule has 0 unspecified atom stereocenters. The van der Waals surface area contributed by atoms with Gasteiger partial charge in [0.2, 0.25) is 0 Å². The van der Waals surface area contributed by atoms with E-state index in [2.05, 4.69) is 36.2 Å². The maximum atomic E-state index is 4.33. The van der Waals surface area contributed by atoms with Gasteiger partial charge in [-0.2, -0.15) is 0 Å². The van der Waals surface area contributed by atoms with Crippen molar-refractivity contribution in [1.82, 2.24) is 0 Å². The molecule has 0 radical (unpaired) electrons. The van der Waals surface area contributed by atoms with E-state index < -0.39 is 0 Å². The molecule has 0 heterocycles. The molecule has 1 nitrogen and oxygen atoms in total. The Labute approximate surface area is 80.5 Å². The average Bonchev–Trinajstić information content (AvgIpc) is 2.19. The van der Waals surface area contributed by atoms with Gasteiger partial charge in [-0.1, -0.05) is 43.7 Å². The van der Waals surface area contributed by atoms with Gasteiger partial charge in [0.1, 0.15) is 0 Å². The maximum absolute atomic E-state index is 4.33. The fourth-order valence-electron chi connectivity index (χ4n) is 1.12. The SMILES string of the molecule is CCCCN=CCc1ccccc1. The lowest BCUT2D eigenvalue weighted by atomic mass is 10.2. The van der Waals surface area contributed by atoms with Gasteiger partial charge in [-0.15, -0.1) is 0 Å². The van der Waals surface area contributed by atoms with Crippen LogP contribution < -0.4 is 0 Å². The number of unbranched alkanes of at least 4 members (excludes halogenated alkanes) is 1. The van der Waals surface area contributed by atoms with E-state index >= 15 is 0 Å². The van der Waals surface area contributed by atoms with E-state index in [1.807, 2.05) is 12.3 Å². The summed E-state index contributed by atoms with van der Waals surface area (Å²) in [5, 5.41) is 0. The van der Waals surface area contributed by atoms with Crippen LogP contribution >= 0.6 is 0 Å². The Hall–Kier alpha value is -1.11. The molecule has 70 valence electrons. The lowest BCUT2D eigenvalue weighted by Gasteiger charge is -1.93. The summed E-state index contributed by atoms with van der Waals surface area (Å²) in [4.78, 5) is 4.33. The predicted molar refractivity (Wildman–Crippen MR) is 58.4 cm³/mol. The monoisotopic (exact) mass is 175 g/mol. The molecule has 0 atom stereocenters. The lowest BCUT2D eigenvalue weighted by Crippen LogP contribution is -1.87. The Morgan fingerprint density at radius 3 is 2.69 bits per heavy atom. The Kier molecular flexibility index (Phi) is 4.92. The smallest absolute Gasteiger partial charge is 0.0385 e. The first kappa shape index (κ1) is 9.97. The fraction of sp³-hybridized carbons (Fsp3) is 0.417. The number of hydrogen-bond donors (Lipinski definition) is 0. The molecule has 0 saturated heterocycles. The van der Waals surface area contributed by atoms with Gasteiger partial charge in [0.15, 0.2) is 0 Å². The largest absolute Gasteiger partial charge is 0.297 e. The Balaban J connectivity index is 2.23. The molecule has 0 amide bonds. The third-order valence-corrected chi connectivity index (χ3v) is 1.94. The molecular formula is C12H17N. The highest BCUT2D eigenvalue weighted by Crippen LogP contribution is 1.97. The second-order valence-electron chi connectivity index (χ2n) is 3.13. The van der Waals surface area contributed by atoms with E-state index in [1.165, 1.54) is 18.4 Å². The van der Waals surface area contributed by atoms with Gasteiger partial charge in [-0.05, 0) is 12.0 Å². The summed E-state index contributed by atoms with van der Waals surface area (Å²) in [7, 11) is 0. The molecule has 1 aromatic rings. The van der Waals surface area contributed by atoms with Crippen molar-refractivity contribution in [1.29, 1.82) is 0 Å². The number of benzene rings is 1. The van der Waals surface area contributed by atoms with Crippen molar-refractivity contribution in [3.05, 3.63) is 35.9 Å². The Morgan fingerprint density at radius 1 is 1.23 bits per heavy atom. The molecular weight excluding hydrogens is 158 g/mol. The molecule has 0 fully saturated rings. The van der Waals surface area contributed by atoms with E-state index in [9.17, 15) is 0 Å². The summed E-state index contributed by atoms with van der Waals surface area (Å²) in [6.45, 7) is 3.16. The van der Waals surface area contributed by atoms with E-state index in [4.69, 9.17) is 0 Å². The minimum atomic E-state index is 0.963. The lowest BCUT2D eigenvalue weighted by molar-refractivity contribution is 0.809. The first-order valence-electron chi connectivity index (χ1n) is 4.95. The summed E-state index contributed by atoms with van der Waals surface area (Å²) in [6.07, 6.45) is 5.41. The Morgan fingerprint density at radius 2 is 2.00 bits per heavy atom. The quantitative estimate of drug-likeness (QED) is 0.481. The number of nitrogens with zero attached hydrogens (tertiary/aromatic N) is 1. The molecule has 0 N–H and O–H groups in total. The van der Waals surface area contributed by atoms with Gasteiger partial charge in [0.25, 0.3) is 0 Å². The van der Waals surface area contributed by atoms with Crippen molar-refractivity contribution in [3.8, 4) is 0 Å². The maximum Gasteiger partial charge on any atom is 0.0385 e. The zero-order valence-corrected chi connectivity index (χ0v) is 8.24. The van der Waals surface area contributed by atoms with Gasteiger partial charge < -0.3 is 0 Å². The zero-order valence-electron chi connectivity index (χ0n) is 8.24. The van der Waals surface area contributed by atoms with E-state index in [-0.39, 0.29) is 0 Å². The third-order valence-electron chi connectivity index (χ3n) is 1.94. The van der Waals surface area contributed by atoms with Gasteiger partial charge >= 0.3 is 0 Å². The molecule has 13 heavy (non-hydrogen) atoms. The Bertz CT molecular complexity index is 239. The van der Waals surface area contributed by atoms with Crippen molar-refractivity contribution in [2.45, 2.75) is 26.2 Å². The standard InChI is InChI=1S/C12H17N/c1-2-3-10-13-11-9-12-7-5-4-6-8-12/h4-8,11H,2-3,9-10H2,1H3. The zero-order chi connectivity index (χ0) is 9.36. The first-order valence-corrected chi connectivity index (χ1v) is 4.95. The van der Waals surface area contributed by atoms with Crippen molar-refractivity contribution in [2.75, 3.05) is 6.54 Å². The first-order chi connectivity index (χ1) is 6.43. The van der Waals surface area contributed by atoms with Crippen LogP contribution in [0.1, 0.15) is 25.3 Å². The summed E-state index contributed by atoms with van der Waals surface area (Å²) in [5.74, 6) is 0. The topological polar surface area (TPSA) is 12.4 Å². The van der Waals surface area contributed by atoms with Crippen molar-refractivity contribution in [2.24, 2.45) is 4.99 Å². The highest BCUT2D eigenvalue weighted by Gasteiger charge is 1.85. The molecule has 0 aliphatic rings. The molecule has 0 aromatic heterocycles. The van der Waals surface area contributed by atoms with E-state index in [0.717, 1.165) is 13.0 Å². The number of hydrogen-bond acceptors (Lipinski definition) is 1. The van der Waals surface area contributed by atoms with Crippen LogP contribution in [0.5, 0.6) is 0 Å². The normalized spacial score (nSPS) is 10.8. The molecule has 0 aliphatic heterocycles. The molecule has 1 rings (SSSR count). The summed E-state index contributed by atoms with van der Waals surface area (Å²) in [6, 6.07) is 10.4. The second kappa shape index (κ2) is 6.41. The molecule has 1 heteroatoms. The van der Waals surface area contributed by atoms with Gasteiger partial charge in [-0.25, -0.2) is 0 Å². The van der Waals surface area contributed by atoms with Crippen LogP contribution in [-0.2, 0) is 6.42 Å². The van der Waals surface area contributed by atoms with Crippen molar-refractivity contribution >= 4 is 6.21 Å². The molecule has 1 aromatic carbocycles. The van der Waals surface area contributed by atoms with Crippen LogP contribution in [0, 0.1) is 0 Å². The number of rotatable bonds is 5. The van der Waals surface area contributed by atoms with E-state index in [1.54, 1.807) is 0 Å². The highest BCUT2D eigenvalue weighted by molar-refractivity contribution is 5.61. The van der Waals surface area contributed by atoms with Gasteiger partial charge in [-0.3, -0.25) is 4.99 Å². The minimum Gasteiger partial charge on any atom is -0.297 e. The van der Waals surface area contributed by atoms with Crippen LogP contribution in [0.15, 0.2) is 35.3 Å². The van der Waals surface area contributed by atoms with Crippen LogP contribution in [0.2, 0.25) is 0 Å². The van der Waals surface area contributed by atoms with Crippen LogP contribution in [-0.4, -0.2) is 12.8 Å². The summed E-state index contributed by atoms with van der Waals surface area (Å²) >= 11 is 0. The van der Waals surface area contributed by atoms with Gasteiger partial charge in [0, 0.05) is 19.2 Å². The summed E-state index contributed by atoms with van der Waals surface area (Å²) < 4.78 is 0. The van der Waals surface area contributed by atoms with Crippen molar-refractivity contribution < 1.29 is 0 Å². The molecule has 0 saturated carbocycles. The second-order valence-corrected chi connectivity index (χ2v) is 3.13. The van der Waals surface area contributed by atoms with Crippen LogP contribution in [0.4, 0.5) is 0 Å². The molecule has 0 spiro atoms. The van der Waals surface area contributed by atoms with Crippen LogP contribution in [0.25, 0.3) is 0 Å². The average molecular weight is 175 g/mol. The predicted octanol–water partition coefficient (Wildman–Crippen LogP) is 3.10. The third kappa shape index (κ3) is 4.46. The van der Waals surface area contributed by atoms with Gasteiger partial charge in [0.05, 0.1) is 0 Å². The molecule has 0 bridgehead atoms.